The maximum Gasteiger partial charge on any atom is 0.251 e. The third-order valence-electron chi connectivity index (χ3n) is 4.15. The van der Waals surface area contributed by atoms with Crippen LogP contribution in [-0.2, 0) is 6.61 Å². The monoisotopic (exact) mass is 421 g/mol. The van der Waals surface area contributed by atoms with Crippen molar-refractivity contribution in [2.24, 2.45) is 0 Å². The van der Waals surface area contributed by atoms with Gasteiger partial charge in [0, 0.05) is 24.0 Å². The molecule has 9 nitrogen and oxygen atoms in total. The molecule has 1 amide bonds. The van der Waals surface area contributed by atoms with Crippen LogP contribution in [-0.4, -0.2) is 44.2 Å². The zero-order valence-electron chi connectivity index (χ0n) is 15.9. The molecule has 2 N–H and O–H groups in total. The van der Waals surface area contributed by atoms with Crippen molar-refractivity contribution >= 4 is 23.2 Å². The van der Waals surface area contributed by atoms with Crippen LogP contribution in [0, 0.1) is 0 Å². The van der Waals surface area contributed by atoms with Crippen molar-refractivity contribution in [1.82, 2.24) is 30.5 Å². The van der Waals surface area contributed by atoms with E-state index in [-0.39, 0.29) is 5.91 Å². The van der Waals surface area contributed by atoms with Crippen LogP contribution in [0.1, 0.15) is 16.1 Å². The van der Waals surface area contributed by atoms with Crippen LogP contribution >= 0.6 is 11.3 Å². The lowest BCUT2D eigenvalue weighted by atomic mass is 10.2. The summed E-state index contributed by atoms with van der Waals surface area (Å²) in [5.41, 5.74) is 4.06. The van der Waals surface area contributed by atoms with Crippen LogP contribution in [0.2, 0.25) is 0 Å². The minimum atomic E-state index is -0.162. The predicted octanol–water partition coefficient (Wildman–Crippen LogP) is 2.54. The van der Waals surface area contributed by atoms with Gasteiger partial charge >= 0.3 is 0 Å². The van der Waals surface area contributed by atoms with E-state index in [0.29, 0.717) is 37.0 Å². The third-order valence-corrected chi connectivity index (χ3v) is 4.79. The van der Waals surface area contributed by atoms with E-state index in [1.54, 1.807) is 34.5 Å². The minimum Gasteiger partial charge on any atom is -0.487 e. The van der Waals surface area contributed by atoms with Gasteiger partial charge in [-0.2, -0.15) is 4.68 Å². The number of hydrogen-bond acceptors (Lipinski definition) is 8. The Kier molecular flexibility index (Phi) is 6.25. The molecule has 0 bridgehead atoms. The number of rotatable bonds is 9. The average Bonchev–Trinajstić information content (AvgIpc) is 3.48. The molecule has 0 spiro atoms. The van der Waals surface area contributed by atoms with Crippen molar-refractivity contribution in [2.45, 2.75) is 6.61 Å². The Morgan fingerprint density at radius 3 is 2.67 bits per heavy atom. The number of ether oxygens (including phenoxy) is 1. The standard InChI is InChI=1S/C20H19N7O2S/c28-19(15-6-8-18(9-7-15)29-12-16-13-30-14-23-16)21-10-11-22-20-24-25-26-27(20)17-4-2-1-3-5-17/h1-9,13-14H,10-12H2,(H,21,28)(H,22,24,26). The van der Waals surface area contributed by atoms with Gasteiger partial charge in [-0.25, -0.2) is 4.98 Å². The molecule has 0 saturated carbocycles. The van der Waals surface area contributed by atoms with Gasteiger partial charge in [-0.3, -0.25) is 4.79 Å². The smallest absolute Gasteiger partial charge is 0.251 e. The number of tetrazole rings is 1. The van der Waals surface area contributed by atoms with Gasteiger partial charge in [-0.05, 0) is 46.8 Å². The molecule has 2 aromatic heterocycles. The van der Waals surface area contributed by atoms with E-state index in [4.69, 9.17) is 4.74 Å². The van der Waals surface area contributed by atoms with Gasteiger partial charge in [0.05, 0.1) is 16.9 Å². The molecule has 152 valence electrons. The molecule has 10 heteroatoms. The molecule has 0 aliphatic carbocycles. The number of carbonyl (C=O) groups is 1. The molecule has 4 aromatic rings. The second kappa shape index (κ2) is 9.61. The van der Waals surface area contributed by atoms with E-state index in [0.717, 1.165) is 11.4 Å². The van der Waals surface area contributed by atoms with Crippen LogP contribution in [0.5, 0.6) is 5.75 Å². The Hall–Kier alpha value is -3.79. The van der Waals surface area contributed by atoms with Crippen molar-refractivity contribution < 1.29 is 9.53 Å². The first kappa shape index (κ1) is 19.5. The Balaban J connectivity index is 1.23. The van der Waals surface area contributed by atoms with E-state index < -0.39 is 0 Å². The summed E-state index contributed by atoms with van der Waals surface area (Å²) in [6.45, 7) is 1.31. The highest BCUT2D eigenvalue weighted by Gasteiger charge is 2.08. The molecule has 0 aliphatic heterocycles. The van der Waals surface area contributed by atoms with Gasteiger partial charge in [0.25, 0.3) is 5.91 Å². The molecule has 0 atom stereocenters. The molecule has 0 fully saturated rings. The first-order valence-electron chi connectivity index (χ1n) is 9.25. The lowest BCUT2D eigenvalue weighted by Gasteiger charge is -2.09. The topological polar surface area (TPSA) is 107 Å². The van der Waals surface area contributed by atoms with Crippen LogP contribution in [0.4, 0.5) is 5.95 Å². The van der Waals surface area contributed by atoms with Crippen LogP contribution in [0.15, 0.2) is 65.5 Å². The number of carbonyl (C=O) groups excluding carboxylic acids is 1. The van der Waals surface area contributed by atoms with E-state index in [1.165, 1.54) is 11.3 Å². The number of anilines is 1. The largest absolute Gasteiger partial charge is 0.487 e. The highest BCUT2D eigenvalue weighted by atomic mass is 32.1. The van der Waals surface area contributed by atoms with Crippen LogP contribution in [0.25, 0.3) is 5.69 Å². The summed E-state index contributed by atoms with van der Waals surface area (Å²) in [5, 5.41) is 19.6. The Bertz CT molecular complexity index is 1070. The third kappa shape index (κ3) is 4.97. The second-order valence-corrected chi connectivity index (χ2v) is 6.94. The van der Waals surface area contributed by atoms with E-state index >= 15 is 0 Å². The zero-order chi connectivity index (χ0) is 20.6. The lowest BCUT2D eigenvalue weighted by molar-refractivity contribution is 0.0955. The van der Waals surface area contributed by atoms with Gasteiger partial charge in [-0.15, -0.1) is 11.3 Å². The number of thiazole rings is 1. The number of nitrogens with one attached hydrogen (secondary N) is 2. The van der Waals surface area contributed by atoms with Crippen molar-refractivity contribution in [3.05, 3.63) is 76.7 Å². The van der Waals surface area contributed by atoms with E-state index in [9.17, 15) is 4.79 Å². The van der Waals surface area contributed by atoms with E-state index in [2.05, 4.69) is 31.1 Å². The van der Waals surface area contributed by atoms with Crippen LogP contribution in [0.3, 0.4) is 0 Å². The van der Waals surface area contributed by atoms with Crippen LogP contribution < -0.4 is 15.4 Å². The number of aromatic nitrogens is 5. The molecule has 30 heavy (non-hydrogen) atoms. The fourth-order valence-electron chi connectivity index (χ4n) is 2.66. The van der Waals surface area contributed by atoms with Crippen molar-refractivity contribution in [1.29, 1.82) is 0 Å². The first-order chi connectivity index (χ1) is 14.8. The second-order valence-electron chi connectivity index (χ2n) is 6.23. The Morgan fingerprint density at radius 1 is 1.07 bits per heavy atom. The Labute approximate surface area is 176 Å². The average molecular weight is 421 g/mol. The molecule has 0 unspecified atom stereocenters. The molecular formula is C20H19N7O2S. The highest BCUT2D eigenvalue weighted by Crippen LogP contribution is 2.14. The summed E-state index contributed by atoms with van der Waals surface area (Å²) in [4.78, 5) is 16.5. The molecular weight excluding hydrogens is 402 g/mol. The van der Waals surface area contributed by atoms with Crippen molar-refractivity contribution in [3.8, 4) is 11.4 Å². The number of nitrogens with zero attached hydrogens (tertiary/aromatic N) is 5. The normalized spacial score (nSPS) is 10.5. The lowest BCUT2D eigenvalue weighted by Crippen LogP contribution is -2.29. The molecule has 0 saturated heterocycles. The summed E-state index contributed by atoms with van der Waals surface area (Å²) in [7, 11) is 0. The SMILES string of the molecule is O=C(NCCNc1nnnn1-c1ccccc1)c1ccc(OCc2cscn2)cc1. The first-order valence-corrected chi connectivity index (χ1v) is 10.2. The van der Waals surface area contributed by atoms with Gasteiger partial charge in [0.1, 0.15) is 12.4 Å². The number of amides is 1. The molecule has 2 heterocycles. The fraction of sp³-hybridized carbons (Fsp3) is 0.150. The molecule has 2 aromatic carbocycles. The fourth-order valence-corrected chi connectivity index (χ4v) is 3.20. The van der Waals surface area contributed by atoms with Gasteiger partial charge < -0.3 is 15.4 Å². The van der Waals surface area contributed by atoms with Gasteiger partial charge in [0.15, 0.2) is 0 Å². The minimum absolute atomic E-state index is 0.162. The maximum absolute atomic E-state index is 12.3. The van der Waals surface area contributed by atoms with Crippen molar-refractivity contribution in [2.75, 3.05) is 18.4 Å². The summed E-state index contributed by atoms with van der Waals surface area (Å²) >= 11 is 1.53. The number of para-hydroxylation sites is 1. The Morgan fingerprint density at radius 2 is 1.90 bits per heavy atom. The van der Waals surface area contributed by atoms with E-state index in [1.807, 2.05) is 35.7 Å². The summed E-state index contributed by atoms with van der Waals surface area (Å²) in [5.74, 6) is 1.04. The van der Waals surface area contributed by atoms with Crippen molar-refractivity contribution in [3.63, 3.8) is 0 Å². The number of benzene rings is 2. The van der Waals surface area contributed by atoms with Gasteiger partial charge in [0.2, 0.25) is 5.95 Å². The molecule has 4 rings (SSSR count). The van der Waals surface area contributed by atoms with Gasteiger partial charge in [-0.1, -0.05) is 23.3 Å². The summed E-state index contributed by atoms with van der Waals surface area (Å²) < 4.78 is 7.26. The number of hydrogen-bond donors (Lipinski definition) is 2. The molecule has 0 aliphatic rings. The quantitative estimate of drug-likeness (QED) is 0.400. The summed E-state index contributed by atoms with van der Waals surface area (Å²) in [6, 6.07) is 16.6. The summed E-state index contributed by atoms with van der Waals surface area (Å²) in [6.07, 6.45) is 0. The highest BCUT2D eigenvalue weighted by molar-refractivity contribution is 7.07. The zero-order valence-corrected chi connectivity index (χ0v) is 16.7. The molecule has 0 radical (unpaired) electrons. The predicted molar refractivity (Wildman–Crippen MR) is 113 cm³/mol. The maximum atomic E-state index is 12.3.